The van der Waals surface area contributed by atoms with Gasteiger partial charge < -0.3 is 14.2 Å². The molecule has 0 aliphatic heterocycles. The van der Waals surface area contributed by atoms with Gasteiger partial charge in [-0.1, -0.05) is 60.5 Å². The predicted octanol–water partition coefficient (Wildman–Crippen LogP) is 6.75. The van der Waals surface area contributed by atoms with Crippen LogP contribution in [0, 0.1) is 0 Å². The Labute approximate surface area is 166 Å². The van der Waals surface area contributed by atoms with Crippen molar-refractivity contribution < 1.29 is 14.2 Å². The molecule has 2 rings (SSSR count). The van der Waals surface area contributed by atoms with E-state index in [2.05, 4.69) is 41.9 Å². The molecule has 3 nitrogen and oxygen atoms in total. The van der Waals surface area contributed by atoms with E-state index in [-0.39, 0.29) is 0 Å². The number of ether oxygens (including phenoxy) is 3. The average molecular weight is 423 g/mol. The van der Waals surface area contributed by atoms with Gasteiger partial charge in [-0.25, -0.2) is 0 Å². The van der Waals surface area contributed by atoms with Crippen LogP contribution in [0.5, 0.6) is 17.2 Å². The lowest BCUT2D eigenvalue weighted by atomic mass is 10.1. The number of alkyl halides is 1. The minimum absolute atomic E-state index is 0.614. The fourth-order valence-corrected chi connectivity index (χ4v) is 3.21. The molecule has 0 aliphatic rings. The Balaban J connectivity index is 2.13. The maximum atomic E-state index is 6.11. The minimum Gasteiger partial charge on any atom is -0.493 e. The van der Waals surface area contributed by atoms with E-state index >= 15 is 0 Å². The molecule has 0 radical (unpaired) electrons. The molecular formula is C22H31BrO3. The molecule has 0 N–H and O–H groups in total. The summed E-state index contributed by atoms with van der Waals surface area (Å²) in [4.78, 5) is 0.614. The summed E-state index contributed by atoms with van der Waals surface area (Å²) in [6.45, 7) is 5.78. The van der Waals surface area contributed by atoms with Crippen LogP contribution in [-0.4, -0.2) is 25.2 Å². The van der Waals surface area contributed by atoms with Gasteiger partial charge in [0, 0.05) is 21.7 Å². The lowest BCUT2D eigenvalue weighted by Gasteiger charge is -2.17. The zero-order valence-electron chi connectivity index (χ0n) is 16.2. The van der Waals surface area contributed by atoms with E-state index in [0.717, 1.165) is 53.7 Å². The van der Waals surface area contributed by atoms with Crippen molar-refractivity contribution in [1.29, 1.82) is 0 Å². The van der Waals surface area contributed by atoms with Crippen LogP contribution in [0.15, 0.2) is 30.3 Å². The molecule has 144 valence electrons. The van der Waals surface area contributed by atoms with Crippen molar-refractivity contribution in [2.45, 2.75) is 57.2 Å². The summed E-state index contributed by atoms with van der Waals surface area (Å²) in [5, 5.41) is 2.12. The van der Waals surface area contributed by atoms with Gasteiger partial charge in [-0.15, -0.1) is 0 Å². The molecule has 2 aromatic rings. The Morgan fingerprint density at radius 3 is 2.35 bits per heavy atom. The molecule has 4 heteroatoms. The van der Waals surface area contributed by atoms with Crippen LogP contribution in [0.4, 0.5) is 0 Å². The molecule has 0 aliphatic carbocycles. The van der Waals surface area contributed by atoms with E-state index in [9.17, 15) is 0 Å². The molecule has 0 fully saturated rings. The van der Waals surface area contributed by atoms with Crippen molar-refractivity contribution in [2.75, 3.05) is 20.3 Å². The minimum atomic E-state index is 0.614. The number of unbranched alkanes of at least 4 members (excludes halogenated alkanes) is 2. The van der Waals surface area contributed by atoms with Crippen molar-refractivity contribution >= 4 is 26.7 Å². The lowest BCUT2D eigenvalue weighted by Crippen LogP contribution is -2.03. The summed E-state index contributed by atoms with van der Waals surface area (Å²) in [5.41, 5.74) is 0. The molecule has 0 spiro atoms. The van der Waals surface area contributed by atoms with Crippen molar-refractivity contribution in [3.63, 3.8) is 0 Å². The summed E-state index contributed by atoms with van der Waals surface area (Å²) in [6, 6.07) is 10.2. The van der Waals surface area contributed by atoms with Gasteiger partial charge in [-0.3, -0.25) is 0 Å². The van der Waals surface area contributed by atoms with Gasteiger partial charge in [0.2, 0.25) is 0 Å². The highest BCUT2D eigenvalue weighted by Gasteiger charge is 2.15. The predicted molar refractivity (Wildman–Crippen MR) is 113 cm³/mol. The maximum absolute atomic E-state index is 6.11. The van der Waals surface area contributed by atoms with Crippen LogP contribution in [0.2, 0.25) is 0 Å². The van der Waals surface area contributed by atoms with E-state index in [1.54, 1.807) is 7.11 Å². The maximum Gasteiger partial charge on any atom is 0.169 e. The van der Waals surface area contributed by atoms with E-state index in [1.807, 2.05) is 18.2 Å². The Bertz CT molecular complexity index is 672. The summed E-state index contributed by atoms with van der Waals surface area (Å²) in [7, 11) is 1.68. The van der Waals surface area contributed by atoms with Crippen molar-refractivity contribution in [2.24, 2.45) is 0 Å². The first-order chi connectivity index (χ1) is 12.7. The SMILES string of the molecule is CCCCOc1c(OC)cc(OCCCCC(Br)CC)c2ccccc12. The molecule has 0 bridgehead atoms. The Morgan fingerprint density at radius 2 is 1.65 bits per heavy atom. The molecule has 0 saturated carbocycles. The van der Waals surface area contributed by atoms with Crippen LogP contribution >= 0.6 is 15.9 Å². The van der Waals surface area contributed by atoms with E-state index in [4.69, 9.17) is 14.2 Å². The zero-order chi connectivity index (χ0) is 18.8. The van der Waals surface area contributed by atoms with Crippen LogP contribution < -0.4 is 14.2 Å². The standard InChI is InChI=1S/C22H31BrO3/c1-4-6-14-26-22-19-13-8-7-12-18(19)20(16-21(22)24-3)25-15-10-9-11-17(23)5-2/h7-8,12-13,16-17H,4-6,9-11,14-15H2,1-3H3. The second-order valence-corrected chi connectivity index (χ2v) is 7.80. The monoisotopic (exact) mass is 422 g/mol. The van der Waals surface area contributed by atoms with Crippen molar-refractivity contribution in [1.82, 2.24) is 0 Å². The Kier molecular flexibility index (Phi) is 9.10. The summed E-state index contributed by atoms with van der Waals surface area (Å²) in [6.07, 6.45) is 6.71. The molecule has 1 atom stereocenters. The van der Waals surface area contributed by atoms with Gasteiger partial charge in [0.05, 0.1) is 20.3 Å². The van der Waals surface area contributed by atoms with Crippen LogP contribution in [0.1, 0.15) is 52.4 Å². The highest BCUT2D eigenvalue weighted by atomic mass is 79.9. The van der Waals surface area contributed by atoms with E-state index < -0.39 is 0 Å². The molecule has 1 unspecified atom stereocenters. The average Bonchev–Trinajstić information content (AvgIpc) is 2.68. The van der Waals surface area contributed by atoms with Gasteiger partial charge in [0.15, 0.2) is 11.5 Å². The third kappa shape index (κ3) is 5.80. The lowest BCUT2D eigenvalue weighted by molar-refractivity contribution is 0.286. The van der Waals surface area contributed by atoms with Gasteiger partial charge in [0.1, 0.15) is 5.75 Å². The molecule has 0 saturated heterocycles. The molecule has 0 aromatic heterocycles. The number of fused-ring (bicyclic) bond motifs is 1. The first kappa shape index (κ1) is 20.9. The van der Waals surface area contributed by atoms with Crippen LogP contribution in [0.25, 0.3) is 10.8 Å². The number of hydrogen-bond acceptors (Lipinski definition) is 3. The van der Waals surface area contributed by atoms with Gasteiger partial charge in [0.25, 0.3) is 0 Å². The zero-order valence-corrected chi connectivity index (χ0v) is 17.8. The van der Waals surface area contributed by atoms with Crippen molar-refractivity contribution in [3.05, 3.63) is 30.3 Å². The fraction of sp³-hybridized carbons (Fsp3) is 0.545. The quantitative estimate of drug-likeness (QED) is 0.279. The largest absolute Gasteiger partial charge is 0.493 e. The number of methoxy groups -OCH3 is 1. The van der Waals surface area contributed by atoms with Crippen LogP contribution in [0.3, 0.4) is 0 Å². The number of halogens is 1. The second-order valence-electron chi connectivity index (χ2n) is 6.50. The topological polar surface area (TPSA) is 27.7 Å². The molecule has 0 amide bonds. The normalized spacial score (nSPS) is 12.2. The Morgan fingerprint density at radius 1 is 0.923 bits per heavy atom. The number of benzene rings is 2. The van der Waals surface area contributed by atoms with E-state index in [1.165, 1.54) is 12.8 Å². The third-order valence-electron chi connectivity index (χ3n) is 4.50. The van der Waals surface area contributed by atoms with Gasteiger partial charge >= 0.3 is 0 Å². The highest BCUT2D eigenvalue weighted by molar-refractivity contribution is 9.09. The molecular weight excluding hydrogens is 392 g/mol. The molecule has 0 heterocycles. The number of hydrogen-bond donors (Lipinski definition) is 0. The first-order valence-corrected chi connectivity index (χ1v) is 10.6. The summed E-state index contributed by atoms with van der Waals surface area (Å²) < 4.78 is 17.7. The smallest absolute Gasteiger partial charge is 0.169 e. The Hall–Kier alpha value is -1.42. The highest BCUT2D eigenvalue weighted by Crippen LogP contribution is 2.41. The summed E-state index contributed by atoms with van der Waals surface area (Å²) in [5.74, 6) is 2.42. The first-order valence-electron chi connectivity index (χ1n) is 9.70. The van der Waals surface area contributed by atoms with Crippen LogP contribution in [-0.2, 0) is 0 Å². The fourth-order valence-electron chi connectivity index (χ4n) is 2.88. The second kappa shape index (κ2) is 11.3. The third-order valence-corrected chi connectivity index (χ3v) is 5.60. The molecule has 2 aromatic carbocycles. The van der Waals surface area contributed by atoms with Gasteiger partial charge in [-0.2, -0.15) is 0 Å². The van der Waals surface area contributed by atoms with Gasteiger partial charge in [-0.05, 0) is 32.1 Å². The van der Waals surface area contributed by atoms with E-state index in [0.29, 0.717) is 18.0 Å². The molecule has 26 heavy (non-hydrogen) atoms. The number of rotatable bonds is 12. The summed E-state index contributed by atoms with van der Waals surface area (Å²) >= 11 is 3.69. The van der Waals surface area contributed by atoms with Crippen molar-refractivity contribution in [3.8, 4) is 17.2 Å².